The molecule has 0 aliphatic heterocycles. The number of carbonyl (C=O) groups excluding carboxylic acids is 1. The van der Waals surface area contributed by atoms with E-state index in [2.05, 4.69) is 43.5 Å². The van der Waals surface area contributed by atoms with Crippen molar-refractivity contribution in [2.45, 2.75) is 257 Å². The average molecular weight is 895 g/mol. The van der Waals surface area contributed by atoms with Crippen molar-refractivity contribution < 1.29 is 32.9 Å². The van der Waals surface area contributed by atoms with Gasteiger partial charge in [0.05, 0.1) is 39.9 Å². The molecule has 0 saturated heterocycles. The molecule has 0 aromatic rings. The zero-order valence-electron chi connectivity index (χ0n) is 41.6. The summed E-state index contributed by atoms with van der Waals surface area (Å²) in [5, 5.41) is 13.8. The van der Waals surface area contributed by atoms with Crippen LogP contribution in [0.25, 0.3) is 0 Å². The standard InChI is InChI=1S/C53H103N2O6P/c1-6-8-10-12-14-16-18-20-22-24-25-26-27-28-29-31-33-35-37-39-41-43-45-47-53(57)54-51(50-61-62(58,59)60-49-48-55(3,4)5)52(56)46-44-42-40-38-36-34-32-30-23-21-19-17-15-13-11-9-7-2/h20,22,36,38,44,46,51-52,56H,6-19,21,23-35,37,39-43,45,47-50H2,1-5H3,(H-,54,57,58,59)/b22-20+,38-36+,46-44+/t51-,52+/m0/s1. The lowest BCUT2D eigenvalue weighted by molar-refractivity contribution is -0.870. The molecule has 0 saturated carbocycles. The van der Waals surface area contributed by atoms with Gasteiger partial charge in [-0.25, -0.2) is 0 Å². The fourth-order valence-electron chi connectivity index (χ4n) is 7.63. The summed E-state index contributed by atoms with van der Waals surface area (Å²) in [5.74, 6) is -0.206. The van der Waals surface area contributed by atoms with Crippen molar-refractivity contribution in [3.05, 3.63) is 36.5 Å². The molecule has 0 aromatic heterocycles. The van der Waals surface area contributed by atoms with Gasteiger partial charge in [-0.15, -0.1) is 0 Å². The van der Waals surface area contributed by atoms with Gasteiger partial charge in [0.1, 0.15) is 13.2 Å². The number of likely N-dealkylation sites (N-methyl/N-ethyl adjacent to an activating group) is 1. The number of rotatable bonds is 48. The van der Waals surface area contributed by atoms with Gasteiger partial charge in [0.15, 0.2) is 0 Å². The molecule has 1 amide bonds. The van der Waals surface area contributed by atoms with E-state index in [0.717, 1.165) is 38.5 Å². The fourth-order valence-corrected chi connectivity index (χ4v) is 8.36. The first kappa shape index (κ1) is 60.7. The minimum atomic E-state index is -4.60. The zero-order chi connectivity index (χ0) is 45.7. The van der Waals surface area contributed by atoms with Crippen LogP contribution in [0.5, 0.6) is 0 Å². The van der Waals surface area contributed by atoms with Crippen molar-refractivity contribution in [1.29, 1.82) is 0 Å². The van der Waals surface area contributed by atoms with E-state index in [1.54, 1.807) is 6.08 Å². The average Bonchev–Trinajstić information content (AvgIpc) is 3.23. The molecule has 0 fully saturated rings. The van der Waals surface area contributed by atoms with E-state index >= 15 is 0 Å². The summed E-state index contributed by atoms with van der Waals surface area (Å²) in [4.78, 5) is 25.4. The summed E-state index contributed by atoms with van der Waals surface area (Å²) >= 11 is 0. The van der Waals surface area contributed by atoms with Crippen LogP contribution >= 0.6 is 7.82 Å². The van der Waals surface area contributed by atoms with Gasteiger partial charge in [-0.3, -0.25) is 9.36 Å². The molecule has 0 aromatic carbocycles. The van der Waals surface area contributed by atoms with E-state index in [0.29, 0.717) is 17.4 Å². The van der Waals surface area contributed by atoms with Crippen molar-refractivity contribution in [2.24, 2.45) is 0 Å². The predicted octanol–water partition coefficient (Wildman–Crippen LogP) is 14.8. The molecule has 0 bridgehead atoms. The Hall–Kier alpha value is -1.28. The Kier molecular flexibility index (Phi) is 44.0. The summed E-state index contributed by atoms with van der Waals surface area (Å²) < 4.78 is 23.3. The Morgan fingerprint density at radius 2 is 0.903 bits per heavy atom. The second kappa shape index (κ2) is 44.9. The second-order valence-electron chi connectivity index (χ2n) is 19.2. The van der Waals surface area contributed by atoms with Gasteiger partial charge in [0, 0.05) is 6.42 Å². The second-order valence-corrected chi connectivity index (χ2v) is 20.6. The summed E-state index contributed by atoms with van der Waals surface area (Å²) in [6, 6.07) is -0.902. The van der Waals surface area contributed by atoms with Crippen LogP contribution in [0.1, 0.15) is 245 Å². The van der Waals surface area contributed by atoms with Crippen molar-refractivity contribution in [3.8, 4) is 0 Å². The number of allylic oxidation sites excluding steroid dienone is 5. The Labute approximate surface area is 385 Å². The molecule has 9 heteroatoms. The van der Waals surface area contributed by atoms with Gasteiger partial charge < -0.3 is 28.8 Å². The van der Waals surface area contributed by atoms with Gasteiger partial charge in [-0.2, -0.15) is 0 Å². The minimum Gasteiger partial charge on any atom is -0.756 e. The Morgan fingerprint density at radius 1 is 0.548 bits per heavy atom. The van der Waals surface area contributed by atoms with Crippen LogP contribution in [0, 0.1) is 0 Å². The number of carbonyl (C=O) groups is 1. The maximum Gasteiger partial charge on any atom is 0.268 e. The lowest BCUT2D eigenvalue weighted by Crippen LogP contribution is -2.45. The highest BCUT2D eigenvalue weighted by Crippen LogP contribution is 2.38. The minimum absolute atomic E-state index is 0.00557. The highest BCUT2D eigenvalue weighted by atomic mass is 31.2. The van der Waals surface area contributed by atoms with E-state index in [9.17, 15) is 19.4 Å². The maximum absolute atomic E-state index is 12.9. The molecule has 62 heavy (non-hydrogen) atoms. The molecule has 0 radical (unpaired) electrons. The number of aliphatic hydroxyl groups excluding tert-OH is 1. The number of nitrogens with one attached hydrogen (secondary N) is 1. The van der Waals surface area contributed by atoms with E-state index in [4.69, 9.17) is 9.05 Å². The highest BCUT2D eigenvalue weighted by Gasteiger charge is 2.23. The van der Waals surface area contributed by atoms with E-state index in [-0.39, 0.29) is 12.5 Å². The Bertz CT molecular complexity index is 1110. The lowest BCUT2D eigenvalue weighted by Gasteiger charge is -2.29. The number of aliphatic hydroxyl groups is 1. The van der Waals surface area contributed by atoms with Gasteiger partial charge in [0.2, 0.25) is 5.91 Å². The van der Waals surface area contributed by atoms with Crippen LogP contribution < -0.4 is 10.2 Å². The van der Waals surface area contributed by atoms with E-state index < -0.39 is 26.6 Å². The monoisotopic (exact) mass is 895 g/mol. The third kappa shape index (κ3) is 46.7. The number of amides is 1. The molecule has 0 heterocycles. The summed E-state index contributed by atoms with van der Waals surface area (Å²) in [6.07, 6.45) is 56.3. The number of unbranched alkanes of at least 4 members (excludes halogenated alkanes) is 31. The maximum atomic E-state index is 12.9. The summed E-state index contributed by atoms with van der Waals surface area (Å²) in [5.41, 5.74) is 0. The zero-order valence-corrected chi connectivity index (χ0v) is 42.5. The van der Waals surface area contributed by atoms with Gasteiger partial charge in [-0.1, -0.05) is 217 Å². The predicted molar refractivity (Wildman–Crippen MR) is 265 cm³/mol. The number of nitrogens with zero attached hydrogens (tertiary/aromatic N) is 1. The quantitative estimate of drug-likeness (QED) is 0.0273. The lowest BCUT2D eigenvalue weighted by atomic mass is 10.0. The first-order chi connectivity index (χ1) is 30.0. The number of hydrogen-bond donors (Lipinski definition) is 2. The molecule has 2 N–H and O–H groups in total. The molecule has 3 atom stereocenters. The smallest absolute Gasteiger partial charge is 0.268 e. The van der Waals surface area contributed by atoms with Crippen LogP contribution in [0.4, 0.5) is 0 Å². The third-order valence-corrected chi connectivity index (χ3v) is 12.8. The van der Waals surface area contributed by atoms with Crippen LogP contribution in [0.2, 0.25) is 0 Å². The largest absolute Gasteiger partial charge is 0.756 e. The van der Waals surface area contributed by atoms with Crippen LogP contribution in [0.15, 0.2) is 36.5 Å². The molecule has 0 rings (SSSR count). The Balaban J connectivity index is 4.28. The van der Waals surface area contributed by atoms with Gasteiger partial charge >= 0.3 is 0 Å². The topological polar surface area (TPSA) is 108 Å². The molecule has 0 aliphatic rings. The van der Waals surface area contributed by atoms with Crippen molar-refractivity contribution in [1.82, 2.24) is 5.32 Å². The molecular formula is C53H103N2O6P. The van der Waals surface area contributed by atoms with Gasteiger partial charge in [0.25, 0.3) is 7.82 Å². The highest BCUT2D eigenvalue weighted by molar-refractivity contribution is 7.45. The summed E-state index contributed by atoms with van der Waals surface area (Å²) in [6.45, 7) is 4.64. The third-order valence-electron chi connectivity index (χ3n) is 11.8. The van der Waals surface area contributed by atoms with E-state index in [1.807, 2.05) is 27.2 Å². The fraction of sp³-hybridized carbons (Fsp3) is 0.868. The SMILES string of the molecule is CCCCCCCC/C=C/CCCCCCCCCCCCCCCC(=O)N[C@@H](COP(=O)([O-])OCC[N+](C)(C)C)[C@H](O)/C=C/CC/C=C/CCCCCCCCCCCCC. The van der Waals surface area contributed by atoms with Crippen LogP contribution in [-0.4, -0.2) is 68.5 Å². The molecule has 8 nitrogen and oxygen atoms in total. The van der Waals surface area contributed by atoms with Crippen LogP contribution in [0.3, 0.4) is 0 Å². The van der Waals surface area contributed by atoms with Crippen molar-refractivity contribution in [3.63, 3.8) is 0 Å². The number of quaternary nitrogens is 1. The van der Waals surface area contributed by atoms with Gasteiger partial charge in [-0.05, 0) is 57.8 Å². The van der Waals surface area contributed by atoms with Crippen LogP contribution in [-0.2, 0) is 18.4 Å². The number of hydrogen-bond acceptors (Lipinski definition) is 6. The van der Waals surface area contributed by atoms with E-state index in [1.165, 1.54) is 186 Å². The first-order valence-corrected chi connectivity index (χ1v) is 27.8. The molecular weight excluding hydrogens is 792 g/mol. The van der Waals surface area contributed by atoms with Crippen molar-refractivity contribution in [2.75, 3.05) is 40.9 Å². The molecule has 0 aliphatic carbocycles. The molecule has 1 unspecified atom stereocenters. The number of phosphoric ester groups is 1. The molecule has 366 valence electrons. The Morgan fingerprint density at radius 3 is 1.31 bits per heavy atom. The normalized spacial score (nSPS) is 14.4. The molecule has 0 spiro atoms. The first-order valence-electron chi connectivity index (χ1n) is 26.4. The van der Waals surface area contributed by atoms with Crippen molar-refractivity contribution >= 4 is 13.7 Å². The number of phosphoric acid groups is 1. The summed E-state index contributed by atoms with van der Waals surface area (Å²) in [7, 11) is 1.25.